The third-order valence-electron chi connectivity index (χ3n) is 3.60. The zero-order valence-electron chi connectivity index (χ0n) is 15.8. The van der Waals surface area contributed by atoms with Gasteiger partial charge in [-0.3, -0.25) is 24.0 Å². The van der Waals surface area contributed by atoms with Crippen LogP contribution in [0.3, 0.4) is 0 Å². The number of nitrogens with zero attached hydrogens (tertiary/aromatic N) is 1. The summed E-state index contributed by atoms with van der Waals surface area (Å²) in [5, 5.41) is 5.47. The third-order valence-corrected chi connectivity index (χ3v) is 4.19. The molecule has 29 heavy (non-hydrogen) atoms. The van der Waals surface area contributed by atoms with Crippen molar-refractivity contribution >= 4 is 51.5 Å². The topological polar surface area (TPSA) is 148 Å². The van der Waals surface area contributed by atoms with Gasteiger partial charge in [0.1, 0.15) is 0 Å². The van der Waals surface area contributed by atoms with Gasteiger partial charge in [0.05, 0.1) is 11.6 Å². The first-order valence-electron chi connectivity index (χ1n) is 8.81. The van der Waals surface area contributed by atoms with Crippen LogP contribution in [0.1, 0.15) is 38.5 Å². The molecule has 0 aromatic rings. The molecule has 0 spiro atoms. The number of imide groups is 1. The lowest BCUT2D eigenvalue weighted by Crippen LogP contribution is -2.32. The van der Waals surface area contributed by atoms with Gasteiger partial charge < -0.3 is 20.2 Å². The van der Waals surface area contributed by atoms with Gasteiger partial charge in [0.2, 0.25) is 5.91 Å². The largest absolute Gasteiger partial charge is 0.469 e. The molecular formula is C17H22BrN3O8. The van der Waals surface area contributed by atoms with Gasteiger partial charge in [0, 0.05) is 44.8 Å². The highest BCUT2D eigenvalue weighted by Gasteiger charge is 2.32. The number of carbonyl (C=O) groups is 6. The molecule has 0 atom stereocenters. The first-order valence-corrected chi connectivity index (χ1v) is 9.60. The number of hydroxylamine groups is 2. The predicted octanol–water partition coefficient (Wildman–Crippen LogP) is -0.162. The van der Waals surface area contributed by atoms with Crippen LogP contribution in [-0.4, -0.2) is 60.8 Å². The highest BCUT2D eigenvalue weighted by Crippen LogP contribution is 2.13. The fraction of sp³-hybridized carbons (Fsp3) is 0.529. The Labute approximate surface area is 175 Å². The number of hydrogen-bond acceptors (Lipinski definition) is 8. The molecule has 11 nitrogen and oxygen atoms in total. The summed E-state index contributed by atoms with van der Waals surface area (Å²) < 4.78 is 4.46. The van der Waals surface area contributed by atoms with E-state index in [2.05, 4.69) is 31.3 Å². The van der Waals surface area contributed by atoms with Crippen molar-refractivity contribution in [2.45, 2.75) is 38.5 Å². The first kappa shape index (κ1) is 24.3. The highest BCUT2D eigenvalue weighted by molar-refractivity contribution is 9.12. The Hall–Kier alpha value is -2.76. The Morgan fingerprint density at radius 2 is 1.55 bits per heavy atom. The fourth-order valence-electron chi connectivity index (χ4n) is 2.10. The molecule has 12 heteroatoms. The molecule has 0 saturated carbocycles. The summed E-state index contributed by atoms with van der Waals surface area (Å²) in [5.74, 6) is -3.33. The van der Waals surface area contributed by atoms with E-state index in [1.807, 2.05) is 0 Å². The number of hydrogen-bond donors (Lipinski definition) is 2. The molecule has 1 fully saturated rings. The van der Waals surface area contributed by atoms with E-state index in [1.54, 1.807) is 0 Å². The summed E-state index contributed by atoms with van der Waals surface area (Å²) in [7, 11) is 1.28. The van der Waals surface area contributed by atoms with Crippen molar-refractivity contribution in [2.24, 2.45) is 0 Å². The first-order chi connectivity index (χ1) is 13.7. The van der Waals surface area contributed by atoms with E-state index < -0.39 is 29.6 Å². The fourth-order valence-corrected chi connectivity index (χ4v) is 2.45. The minimum atomic E-state index is -0.760. The molecular weight excluding hydrogens is 454 g/mol. The lowest BCUT2D eigenvalue weighted by molar-refractivity contribution is -0.197. The Kier molecular flexibility index (Phi) is 10.6. The van der Waals surface area contributed by atoms with E-state index in [1.165, 1.54) is 7.11 Å². The lowest BCUT2D eigenvalue weighted by atomic mass is 10.3. The number of amides is 4. The number of halogens is 1. The molecule has 1 aliphatic heterocycles. The number of methoxy groups -OCH3 is 1. The van der Waals surface area contributed by atoms with Crippen molar-refractivity contribution < 1.29 is 38.3 Å². The maximum Gasteiger partial charge on any atom is 0.333 e. The van der Waals surface area contributed by atoms with Gasteiger partial charge in [0.25, 0.3) is 17.7 Å². The van der Waals surface area contributed by atoms with Crippen molar-refractivity contribution in [3.8, 4) is 0 Å². The van der Waals surface area contributed by atoms with Gasteiger partial charge in [-0.25, -0.2) is 4.79 Å². The van der Waals surface area contributed by atoms with E-state index in [9.17, 15) is 28.8 Å². The van der Waals surface area contributed by atoms with Crippen LogP contribution in [0.5, 0.6) is 0 Å². The Balaban J connectivity index is 2.22. The Morgan fingerprint density at radius 3 is 2.14 bits per heavy atom. The normalized spacial score (nSPS) is 13.9. The quantitative estimate of drug-likeness (QED) is 0.181. The lowest BCUT2D eigenvalue weighted by Gasteiger charge is -2.12. The van der Waals surface area contributed by atoms with Crippen LogP contribution in [0.4, 0.5) is 0 Å². The molecule has 4 amide bonds. The Morgan fingerprint density at radius 1 is 1.00 bits per heavy atom. The zero-order valence-corrected chi connectivity index (χ0v) is 17.4. The van der Waals surface area contributed by atoms with Crippen LogP contribution in [0.2, 0.25) is 0 Å². The number of ether oxygens (including phenoxy) is 1. The summed E-state index contributed by atoms with van der Waals surface area (Å²) in [4.78, 5) is 73.5. The standard InChI is InChI=1S/C17H22BrN3O8/c1-28-15(25)4-2-8-19-12(22)10-11(18)17(27)20-9-3-5-16(26)29-21-13(23)6-7-14(21)24/h10H,2-9H2,1H3,(H,19,22)(H,20,27)/b11-10-. The summed E-state index contributed by atoms with van der Waals surface area (Å²) in [6.45, 7) is 0.357. The molecule has 2 N–H and O–H groups in total. The van der Waals surface area contributed by atoms with Gasteiger partial charge in [-0.05, 0) is 28.8 Å². The molecule has 1 rings (SSSR count). The van der Waals surface area contributed by atoms with Gasteiger partial charge in [-0.1, -0.05) is 0 Å². The molecule has 1 saturated heterocycles. The van der Waals surface area contributed by atoms with Gasteiger partial charge >= 0.3 is 11.9 Å². The van der Waals surface area contributed by atoms with Crippen molar-refractivity contribution in [1.29, 1.82) is 0 Å². The molecule has 0 bridgehead atoms. The van der Waals surface area contributed by atoms with E-state index in [0.717, 1.165) is 6.08 Å². The maximum absolute atomic E-state index is 11.9. The van der Waals surface area contributed by atoms with E-state index in [4.69, 9.17) is 4.84 Å². The van der Waals surface area contributed by atoms with Crippen LogP contribution in [0, 0.1) is 0 Å². The molecule has 160 valence electrons. The van der Waals surface area contributed by atoms with E-state index in [0.29, 0.717) is 11.5 Å². The van der Waals surface area contributed by atoms with Crippen LogP contribution >= 0.6 is 15.9 Å². The van der Waals surface area contributed by atoms with Crippen LogP contribution in [0.25, 0.3) is 0 Å². The minimum absolute atomic E-state index is 0.0150. The van der Waals surface area contributed by atoms with Gasteiger partial charge in [-0.15, -0.1) is 5.06 Å². The second kappa shape index (κ2) is 12.6. The molecule has 1 heterocycles. The number of esters is 1. The summed E-state index contributed by atoms with van der Waals surface area (Å²) in [6.07, 6.45) is 1.75. The summed E-state index contributed by atoms with van der Waals surface area (Å²) in [6, 6.07) is 0. The minimum Gasteiger partial charge on any atom is -0.469 e. The van der Waals surface area contributed by atoms with Gasteiger partial charge in [0.15, 0.2) is 0 Å². The SMILES string of the molecule is COC(=O)CCCNC(=O)/C=C(\Br)C(=O)NCCCC(=O)ON1C(=O)CCC1=O. The van der Waals surface area contributed by atoms with Crippen LogP contribution < -0.4 is 10.6 Å². The molecule has 0 unspecified atom stereocenters. The average molecular weight is 476 g/mol. The predicted molar refractivity (Wildman–Crippen MR) is 101 cm³/mol. The van der Waals surface area contributed by atoms with E-state index >= 15 is 0 Å². The van der Waals surface area contributed by atoms with Crippen molar-refractivity contribution in [3.05, 3.63) is 10.6 Å². The number of carbonyl (C=O) groups excluding carboxylic acids is 6. The highest BCUT2D eigenvalue weighted by atomic mass is 79.9. The van der Waals surface area contributed by atoms with E-state index in [-0.39, 0.29) is 55.6 Å². The summed E-state index contributed by atoms with van der Waals surface area (Å²) in [5.41, 5.74) is 0. The van der Waals surface area contributed by atoms with Crippen LogP contribution in [0.15, 0.2) is 10.6 Å². The van der Waals surface area contributed by atoms with Gasteiger partial charge in [-0.2, -0.15) is 0 Å². The number of rotatable bonds is 11. The number of nitrogens with one attached hydrogen (secondary N) is 2. The molecule has 1 aliphatic rings. The second-order valence-electron chi connectivity index (χ2n) is 5.87. The maximum atomic E-state index is 11.9. The molecule has 0 aromatic heterocycles. The smallest absolute Gasteiger partial charge is 0.333 e. The zero-order chi connectivity index (χ0) is 21.8. The molecule has 0 aliphatic carbocycles. The van der Waals surface area contributed by atoms with Crippen molar-refractivity contribution in [1.82, 2.24) is 15.7 Å². The Bertz CT molecular complexity index is 691. The average Bonchev–Trinajstić information content (AvgIpc) is 3.00. The monoisotopic (exact) mass is 475 g/mol. The summed E-state index contributed by atoms with van der Waals surface area (Å²) >= 11 is 2.98. The molecule has 0 radical (unpaired) electrons. The van der Waals surface area contributed by atoms with Crippen LogP contribution in [-0.2, 0) is 38.3 Å². The second-order valence-corrected chi connectivity index (χ2v) is 6.72. The van der Waals surface area contributed by atoms with Crippen molar-refractivity contribution in [2.75, 3.05) is 20.2 Å². The molecule has 0 aromatic carbocycles. The van der Waals surface area contributed by atoms with Crippen molar-refractivity contribution in [3.63, 3.8) is 0 Å². The third kappa shape index (κ3) is 9.32.